The number of para-hydroxylation sites is 1. The van der Waals surface area contributed by atoms with Crippen LogP contribution in [0.3, 0.4) is 0 Å². The quantitative estimate of drug-likeness (QED) is 0.711. The van der Waals surface area contributed by atoms with Crippen molar-refractivity contribution in [3.05, 3.63) is 83.9 Å². The Kier molecular flexibility index (Phi) is 5.01. The van der Waals surface area contributed by atoms with Crippen molar-refractivity contribution in [3.63, 3.8) is 0 Å². The Bertz CT molecular complexity index is 974. The molecular weight excluding hydrogens is 358 g/mol. The number of carbonyl (C=O) groups is 1. The molecule has 3 aromatic rings. The molecule has 0 saturated heterocycles. The predicted octanol–water partition coefficient (Wildman–Crippen LogP) is 4.46. The third-order valence-corrected chi connectivity index (χ3v) is 4.41. The van der Waals surface area contributed by atoms with Crippen LogP contribution in [0.2, 0.25) is 0 Å². The van der Waals surface area contributed by atoms with Gasteiger partial charge in [0.25, 0.3) is 0 Å². The minimum Gasteiger partial charge on any atom is -0.508 e. The lowest BCUT2D eigenvalue weighted by molar-refractivity contribution is 0.146. The lowest BCUT2D eigenvalue weighted by atomic mass is 10.1. The van der Waals surface area contributed by atoms with Gasteiger partial charge < -0.3 is 19.3 Å². The fraction of sp³-hybridized carbons (Fsp3) is 0.136. The van der Waals surface area contributed by atoms with Crippen molar-refractivity contribution in [3.8, 4) is 17.2 Å². The number of anilines is 1. The van der Waals surface area contributed by atoms with Crippen molar-refractivity contribution in [2.45, 2.75) is 13.2 Å². The summed E-state index contributed by atoms with van der Waals surface area (Å²) in [5.74, 6) is 1.31. The van der Waals surface area contributed by atoms with Crippen molar-refractivity contribution in [1.82, 2.24) is 0 Å². The monoisotopic (exact) mass is 377 g/mol. The van der Waals surface area contributed by atoms with Crippen LogP contribution in [-0.4, -0.2) is 18.0 Å². The van der Waals surface area contributed by atoms with E-state index in [9.17, 15) is 9.90 Å². The SMILES string of the molecule is O=C(OCc1ccccc1)N(Cc1ccccc1O)c1ccc2c(c1)OCO2. The Hall–Kier alpha value is -3.67. The van der Waals surface area contributed by atoms with Crippen molar-refractivity contribution in [2.24, 2.45) is 0 Å². The van der Waals surface area contributed by atoms with E-state index in [4.69, 9.17) is 14.2 Å². The second-order valence-electron chi connectivity index (χ2n) is 6.29. The Morgan fingerprint density at radius 1 is 0.964 bits per heavy atom. The molecule has 6 nitrogen and oxygen atoms in total. The summed E-state index contributed by atoms with van der Waals surface area (Å²) in [4.78, 5) is 14.3. The first-order chi connectivity index (χ1) is 13.7. The normalized spacial score (nSPS) is 11.9. The van der Waals surface area contributed by atoms with E-state index in [2.05, 4.69) is 0 Å². The second-order valence-corrected chi connectivity index (χ2v) is 6.29. The summed E-state index contributed by atoms with van der Waals surface area (Å²) >= 11 is 0. The maximum atomic E-state index is 12.9. The van der Waals surface area contributed by atoms with Gasteiger partial charge in [0.1, 0.15) is 12.4 Å². The van der Waals surface area contributed by atoms with Crippen LogP contribution in [0.5, 0.6) is 17.2 Å². The zero-order valence-electron chi connectivity index (χ0n) is 15.1. The summed E-state index contributed by atoms with van der Waals surface area (Å²) in [7, 11) is 0. The first-order valence-electron chi connectivity index (χ1n) is 8.85. The van der Waals surface area contributed by atoms with Gasteiger partial charge in [-0.1, -0.05) is 48.5 Å². The molecule has 0 aliphatic carbocycles. The maximum absolute atomic E-state index is 12.9. The van der Waals surface area contributed by atoms with Crippen LogP contribution in [0.1, 0.15) is 11.1 Å². The van der Waals surface area contributed by atoms with Gasteiger partial charge in [-0.2, -0.15) is 0 Å². The smallest absolute Gasteiger partial charge is 0.414 e. The molecule has 6 heteroatoms. The first-order valence-corrected chi connectivity index (χ1v) is 8.85. The lowest BCUT2D eigenvalue weighted by Crippen LogP contribution is -2.31. The summed E-state index contributed by atoms with van der Waals surface area (Å²) < 4.78 is 16.3. The van der Waals surface area contributed by atoms with E-state index in [1.807, 2.05) is 36.4 Å². The number of aromatic hydroxyl groups is 1. The Balaban J connectivity index is 1.59. The molecule has 0 radical (unpaired) electrons. The standard InChI is InChI=1S/C22H19NO5/c24-19-9-5-4-8-17(19)13-23(18-10-11-20-21(12-18)28-15-27-20)22(25)26-14-16-6-2-1-3-7-16/h1-12,24H,13-15H2. The van der Waals surface area contributed by atoms with Crippen LogP contribution in [0.25, 0.3) is 0 Å². The van der Waals surface area contributed by atoms with Gasteiger partial charge in [0, 0.05) is 11.6 Å². The number of rotatable bonds is 5. The summed E-state index contributed by atoms with van der Waals surface area (Å²) in [5, 5.41) is 10.1. The second kappa shape index (κ2) is 7.92. The molecule has 3 aromatic carbocycles. The molecule has 28 heavy (non-hydrogen) atoms. The number of amides is 1. The maximum Gasteiger partial charge on any atom is 0.414 e. The Labute approximate surface area is 162 Å². The van der Waals surface area contributed by atoms with Gasteiger partial charge in [-0.25, -0.2) is 4.79 Å². The van der Waals surface area contributed by atoms with Gasteiger partial charge in [-0.05, 0) is 23.8 Å². The van der Waals surface area contributed by atoms with Crippen molar-refractivity contribution >= 4 is 11.8 Å². The predicted molar refractivity (Wildman–Crippen MR) is 103 cm³/mol. The van der Waals surface area contributed by atoms with Crippen molar-refractivity contribution in [2.75, 3.05) is 11.7 Å². The third-order valence-electron chi connectivity index (χ3n) is 4.41. The van der Waals surface area contributed by atoms with Crippen molar-refractivity contribution in [1.29, 1.82) is 0 Å². The molecule has 0 aromatic heterocycles. The van der Waals surface area contributed by atoms with Crippen LogP contribution >= 0.6 is 0 Å². The van der Waals surface area contributed by atoms with Gasteiger partial charge in [-0.3, -0.25) is 4.90 Å². The van der Waals surface area contributed by atoms with Gasteiger partial charge in [0.05, 0.1) is 12.2 Å². The third kappa shape index (κ3) is 3.86. The number of hydrogen-bond donors (Lipinski definition) is 1. The highest BCUT2D eigenvalue weighted by atomic mass is 16.7. The molecule has 142 valence electrons. The molecule has 0 saturated carbocycles. The number of carbonyl (C=O) groups excluding carboxylic acids is 1. The fourth-order valence-corrected chi connectivity index (χ4v) is 2.93. The number of hydrogen-bond acceptors (Lipinski definition) is 5. The number of benzene rings is 3. The lowest BCUT2D eigenvalue weighted by Gasteiger charge is -2.23. The van der Waals surface area contributed by atoms with E-state index in [0.29, 0.717) is 22.7 Å². The van der Waals surface area contributed by atoms with E-state index < -0.39 is 6.09 Å². The molecule has 0 bridgehead atoms. The van der Waals surface area contributed by atoms with Crippen molar-refractivity contribution < 1.29 is 24.1 Å². The minimum absolute atomic E-state index is 0.115. The number of fused-ring (bicyclic) bond motifs is 1. The largest absolute Gasteiger partial charge is 0.508 e. The molecular formula is C22H19NO5. The fourth-order valence-electron chi connectivity index (χ4n) is 2.93. The molecule has 1 amide bonds. The summed E-state index contributed by atoms with van der Waals surface area (Å²) in [5.41, 5.74) is 2.09. The van der Waals surface area contributed by atoms with Gasteiger partial charge in [0.2, 0.25) is 6.79 Å². The highest BCUT2D eigenvalue weighted by Crippen LogP contribution is 2.36. The molecule has 0 unspecified atom stereocenters. The van der Waals surface area contributed by atoms with Gasteiger partial charge >= 0.3 is 6.09 Å². The highest BCUT2D eigenvalue weighted by Gasteiger charge is 2.22. The van der Waals surface area contributed by atoms with Gasteiger partial charge in [-0.15, -0.1) is 0 Å². The van der Waals surface area contributed by atoms with E-state index in [1.54, 1.807) is 36.4 Å². The molecule has 4 rings (SSSR count). The Morgan fingerprint density at radius 2 is 1.71 bits per heavy atom. The number of phenols is 1. The van der Waals surface area contributed by atoms with Crippen LogP contribution < -0.4 is 14.4 Å². The van der Waals surface area contributed by atoms with E-state index in [-0.39, 0.29) is 25.7 Å². The van der Waals surface area contributed by atoms with Crippen LogP contribution in [0.15, 0.2) is 72.8 Å². The zero-order valence-corrected chi connectivity index (χ0v) is 15.1. The van der Waals surface area contributed by atoms with Crippen LogP contribution in [-0.2, 0) is 17.9 Å². The summed E-state index contributed by atoms with van der Waals surface area (Å²) in [6.07, 6.45) is -0.522. The molecule has 0 fully saturated rings. The zero-order chi connectivity index (χ0) is 19.3. The molecule has 1 aliphatic heterocycles. The van der Waals surface area contributed by atoms with Crippen LogP contribution in [0, 0.1) is 0 Å². The summed E-state index contributed by atoms with van der Waals surface area (Å²) in [6, 6.07) is 21.6. The molecule has 1 aliphatic rings. The Morgan fingerprint density at radius 3 is 2.54 bits per heavy atom. The van der Waals surface area contributed by atoms with E-state index in [0.717, 1.165) is 5.56 Å². The molecule has 0 spiro atoms. The topological polar surface area (TPSA) is 68.2 Å². The van der Waals surface area contributed by atoms with E-state index in [1.165, 1.54) is 4.90 Å². The average molecular weight is 377 g/mol. The highest BCUT2D eigenvalue weighted by molar-refractivity contribution is 5.88. The molecule has 1 N–H and O–H groups in total. The molecule has 1 heterocycles. The number of ether oxygens (including phenoxy) is 3. The number of phenolic OH excluding ortho intramolecular Hbond substituents is 1. The van der Waals surface area contributed by atoms with E-state index >= 15 is 0 Å². The summed E-state index contributed by atoms with van der Waals surface area (Å²) in [6.45, 7) is 0.456. The van der Waals surface area contributed by atoms with Crippen LogP contribution in [0.4, 0.5) is 10.5 Å². The first kappa shape index (κ1) is 17.7. The molecule has 0 atom stereocenters. The average Bonchev–Trinajstić information content (AvgIpc) is 3.20. The minimum atomic E-state index is -0.522. The number of nitrogens with zero attached hydrogens (tertiary/aromatic N) is 1. The van der Waals surface area contributed by atoms with Gasteiger partial charge in [0.15, 0.2) is 11.5 Å².